The van der Waals surface area contributed by atoms with Crippen LogP contribution in [-0.2, 0) is 5.54 Å². The van der Waals surface area contributed by atoms with Crippen molar-refractivity contribution in [2.45, 2.75) is 26.3 Å². The van der Waals surface area contributed by atoms with Crippen LogP contribution in [0.25, 0.3) is 6.08 Å². The predicted octanol–water partition coefficient (Wildman–Crippen LogP) is 2.89. The zero-order valence-corrected chi connectivity index (χ0v) is 7.46. The maximum atomic E-state index is 3.71. The maximum Gasteiger partial charge on any atom is 0.0355 e. The fourth-order valence-electron chi connectivity index (χ4n) is 0.951. The van der Waals surface area contributed by atoms with Crippen molar-refractivity contribution in [3.05, 3.63) is 30.6 Å². The van der Waals surface area contributed by atoms with Crippen molar-refractivity contribution in [1.29, 1.82) is 0 Å². The summed E-state index contributed by atoms with van der Waals surface area (Å²) in [6.45, 7) is 10.3. The molecule has 0 atom stereocenters. The molecule has 0 unspecified atom stereocenters. The van der Waals surface area contributed by atoms with Crippen LogP contribution in [0.3, 0.4) is 0 Å². The Balaban J connectivity index is 2.98. The third-order valence-corrected chi connectivity index (χ3v) is 1.73. The lowest BCUT2D eigenvalue weighted by Gasteiger charge is -2.20. The molecule has 0 saturated heterocycles. The van der Waals surface area contributed by atoms with E-state index in [9.17, 15) is 0 Å². The van der Waals surface area contributed by atoms with Crippen LogP contribution in [0.4, 0.5) is 0 Å². The van der Waals surface area contributed by atoms with Gasteiger partial charge in [-0.05, 0) is 32.4 Å². The highest BCUT2D eigenvalue weighted by Gasteiger charge is 2.10. The van der Waals surface area contributed by atoms with Crippen LogP contribution in [0, 0.1) is 0 Å². The van der Waals surface area contributed by atoms with E-state index in [1.807, 2.05) is 6.08 Å². The second kappa shape index (κ2) is 2.57. The van der Waals surface area contributed by atoms with Crippen LogP contribution in [0.2, 0.25) is 0 Å². The lowest BCUT2D eigenvalue weighted by molar-refractivity contribution is 0.398. The topological polar surface area (TPSA) is 4.93 Å². The number of hydrogen-bond acceptors (Lipinski definition) is 0. The molecule has 1 heteroatoms. The van der Waals surface area contributed by atoms with Crippen molar-refractivity contribution in [2.75, 3.05) is 0 Å². The van der Waals surface area contributed by atoms with Crippen LogP contribution in [0.15, 0.2) is 25.0 Å². The zero-order valence-electron chi connectivity index (χ0n) is 7.46. The highest BCUT2D eigenvalue weighted by Crippen LogP contribution is 2.15. The van der Waals surface area contributed by atoms with Gasteiger partial charge in [0.2, 0.25) is 0 Å². The second-order valence-electron chi connectivity index (χ2n) is 3.73. The molecule has 0 saturated carbocycles. The molecule has 0 aliphatic rings. The van der Waals surface area contributed by atoms with E-state index in [1.54, 1.807) is 0 Å². The Morgan fingerprint density at radius 2 is 2.09 bits per heavy atom. The van der Waals surface area contributed by atoms with Gasteiger partial charge in [0.1, 0.15) is 0 Å². The van der Waals surface area contributed by atoms with Crippen molar-refractivity contribution in [3.63, 3.8) is 0 Å². The molecule has 1 heterocycles. The molecule has 0 spiro atoms. The van der Waals surface area contributed by atoms with Crippen molar-refractivity contribution >= 4 is 6.08 Å². The van der Waals surface area contributed by atoms with Crippen LogP contribution >= 0.6 is 0 Å². The highest BCUT2D eigenvalue weighted by molar-refractivity contribution is 5.45. The summed E-state index contributed by atoms with van der Waals surface area (Å²) >= 11 is 0. The first-order valence-electron chi connectivity index (χ1n) is 3.85. The standard InChI is InChI=1S/C10H15N/c1-5-9-6-7-11(8-9)10(2,3)4/h5-8H,1H2,2-4H3. The molecule has 1 aromatic rings. The van der Waals surface area contributed by atoms with Gasteiger partial charge < -0.3 is 4.57 Å². The quantitative estimate of drug-likeness (QED) is 0.578. The zero-order chi connectivity index (χ0) is 8.48. The highest BCUT2D eigenvalue weighted by atomic mass is 15.0. The molecular formula is C10H15N. The monoisotopic (exact) mass is 149 g/mol. The summed E-state index contributed by atoms with van der Waals surface area (Å²) in [5.74, 6) is 0. The largest absolute Gasteiger partial charge is 0.348 e. The second-order valence-corrected chi connectivity index (χ2v) is 3.73. The molecule has 1 aromatic heterocycles. The van der Waals surface area contributed by atoms with Gasteiger partial charge >= 0.3 is 0 Å². The Bertz CT molecular complexity index is 250. The summed E-state index contributed by atoms with van der Waals surface area (Å²) < 4.78 is 2.18. The Hall–Kier alpha value is -0.980. The average molecular weight is 149 g/mol. The number of aromatic nitrogens is 1. The van der Waals surface area contributed by atoms with E-state index in [2.05, 4.69) is 50.4 Å². The minimum atomic E-state index is 0.182. The fraction of sp³-hybridized carbons (Fsp3) is 0.400. The Kier molecular flexibility index (Phi) is 1.90. The first kappa shape index (κ1) is 8.12. The number of nitrogens with zero attached hydrogens (tertiary/aromatic N) is 1. The molecule has 0 fully saturated rings. The Morgan fingerprint density at radius 1 is 1.45 bits per heavy atom. The van der Waals surface area contributed by atoms with Gasteiger partial charge in [0, 0.05) is 17.9 Å². The van der Waals surface area contributed by atoms with Crippen LogP contribution in [0.1, 0.15) is 26.3 Å². The molecule has 1 nitrogen and oxygen atoms in total. The van der Waals surface area contributed by atoms with Gasteiger partial charge in [0.05, 0.1) is 0 Å². The van der Waals surface area contributed by atoms with Crippen molar-refractivity contribution in [2.24, 2.45) is 0 Å². The summed E-state index contributed by atoms with van der Waals surface area (Å²) in [7, 11) is 0. The minimum Gasteiger partial charge on any atom is -0.348 e. The molecule has 60 valence electrons. The number of hydrogen-bond donors (Lipinski definition) is 0. The average Bonchev–Trinajstić information content (AvgIpc) is 2.32. The SMILES string of the molecule is C=Cc1ccn(C(C)(C)C)c1. The lowest BCUT2D eigenvalue weighted by atomic mass is 10.1. The van der Waals surface area contributed by atoms with Gasteiger partial charge in [0.25, 0.3) is 0 Å². The van der Waals surface area contributed by atoms with E-state index >= 15 is 0 Å². The molecule has 0 bridgehead atoms. The molecule has 11 heavy (non-hydrogen) atoms. The molecule has 0 aliphatic heterocycles. The molecule has 1 rings (SSSR count). The third kappa shape index (κ3) is 1.73. The van der Waals surface area contributed by atoms with Gasteiger partial charge in [-0.2, -0.15) is 0 Å². The first-order valence-corrected chi connectivity index (χ1v) is 3.85. The Labute approximate surface area is 68.4 Å². The molecule has 0 aliphatic carbocycles. The lowest BCUT2D eigenvalue weighted by Crippen LogP contribution is -2.19. The molecule has 0 aromatic carbocycles. The van der Waals surface area contributed by atoms with Gasteiger partial charge in [-0.25, -0.2) is 0 Å². The van der Waals surface area contributed by atoms with E-state index in [0.29, 0.717) is 0 Å². The van der Waals surface area contributed by atoms with E-state index in [0.717, 1.165) is 0 Å². The number of rotatable bonds is 1. The summed E-state index contributed by atoms with van der Waals surface area (Å²) in [4.78, 5) is 0. The Morgan fingerprint density at radius 3 is 2.36 bits per heavy atom. The molecule has 0 radical (unpaired) electrons. The van der Waals surface area contributed by atoms with E-state index in [4.69, 9.17) is 0 Å². The van der Waals surface area contributed by atoms with Crippen molar-refractivity contribution in [3.8, 4) is 0 Å². The molecule has 0 N–H and O–H groups in total. The normalized spacial score (nSPS) is 11.5. The smallest absolute Gasteiger partial charge is 0.0355 e. The van der Waals surface area contributed by atoms with E-state index < -0.39 is 0 Å². The molecule has 0 amide bonds. The van der Waals surface area contributed by atoms with Gasteiger partial charge in [0.15, 0.2) is 0 Å². The fourth-order valence-corrected chi connectivity index (χ4v) is 0.951. The summed E-state index contributed by atoms with van der Waals surface area (Å²) in [5, 5.41) is 0. The van der Waals surface area contributed by atoms with E-state index in [-0.39, 0.29) is 5.54 Å². The first-order chi connectivity index (χ1) is 5.04. The predicted molar refractivity (Wildman–Crippen MR) is 49.5 cm³/mol. The van der Waals surface area contributed by atoms with Crippen LogP contribution in [0.5, 0.6) is 0 Å². The summed E-state index contributed by atoms with van der Waals surface area (Å²) in [6.07, 6.45) is 6.05. The third-order valence-electron chi connectivity index (χ3n) is 1.73. The minimum absolute atomic E-state index is 0.182. The van der Waals surface area contributed by atoms with Crippen molar-refractivity contribution < 1.29 is 0 Å². The summed E-state index contributed by atoms with van der Waals surface area (Å²) in [5.41, 5.74) is 1.36. The van der Waals surface area contributed by atoms with Gasteiger partial charge in [-0.1, -0.05) is 12.7 Å². The summed E-state index contributed by atoms with van der Waals surface area (Å²) in [6, 6.07) is 2.07. The van der Waals surface area contributed by atoms with Crippen LogP contribution < -0.4 is 0 Å². The van der Waals surface area contributed by atoms with E-state index in [1.165, 1.54) is 5.56 Å². The maximum absolute atomic E-state index is 3.71. The van der Waals surface area contributed by atoms with Gasteiger partial charge in [-0.15, -0.1) is 0 Å². The molecular weight excluding hydrogens is 134 g/mol. The van der Waals surface area contributed by atoms with Crippen molar-refractivity contribution in [1.82, 2.24) is 4.57 Å². The van der Waals surface area contributed by atoms with Gasteiger partial charge in [-0.3, -0.25) is 0 Å². The van der Waals surface area contributed by atoms with Crippen LogP contribution in [-0.4, -0.2) is 4.57 Å².